The summed E-state index contributed by atoms with van der Waals surface area (Å²) < 4.78 is 6.02. The summed E-state index contributed by atoms with van der Waals surface area (Å²) in [6.07, 6.45) is 11.2. The van der Waals surface area contributed by atoms with Crippen molar-refractivity contribution in [3.8, 4) is 5.19 Å². The fraction of sp³-hybridized carbons (Fsp3) is 0.360. The Hall–Kier alpha value is -3.64. The Balaban J connectivity index is 1.05. The number of ether oxygens (including phenoxy) is 1. The molecular formula is C25H27N7O3S2. The molecule has 2 N–H and O–H groups in total. The monoisotopic (exact) mass is 537 g/mol. The smallest absolute Gasteiger partial charge is 0.296 e. The lowest BCUT2D eigenvalue weighted by molar-refractivity contribution is -0.117. The molecule has 1 saturated heterocycles. The maximum Gasteiger partial charge on any atom is 0.296 e. The van der Waals surface area contributed by atoms with Crippen molar-refractivity contribution >= 4 is 49.9 Å². The van der Waals surface area contributed by atoms with E-state index in [-0.39, 0.29) is 23.8 Å². The number of piperidine rings is 1. The van der Waals surface area contributed by atoms with Crippen molar-refractivity contribution in [3.63, 3.8) is 0 Å². The van der Waals surface area contributed by atoms with Crippen LogP contribution in [-0.2, 0) is 16.0 Å². The Morgan fingerprint density at radius 3 is 2.49 bits per heavy atom. The van der Waals surface area contributed by atoms with Gasteiger partial charge >= 0.3 is 0 Å². The van der Waals surface area contributed by atoms with Gasteiger partial charge in [-0.05, 0) is 29.2 Å². The third-order valence-corrected chi connectivity index (χ3v) is 7.65. The zero-order valence-electron chi connectivity index (χ0n) is 20.1. The Kier molecular flexibility index (Phi) is 8.16. The normalized spacial score (nSPS) is 17.5. The van der Waals surface area contributed by atoms with Gasteiger partial charge in [0.05, 0.1) is 6.42 Å². The van der Waals surface area contributed by atoms with Gasteiger partial charge in [-0.2, -0.15) is 0 Å². The van der Waals surface area contributed by atoms with Gasteiger partial charge < -0.3 is 20.3 Å². The van der Waals surface area contributed by atoms with E-state index >= 15 is 0 Å². The first-order chi connectivity index (χ1) is 18.1. The SMILES string of the molecule is O=C(CC1C=CC=CC1)Nc1nnc(OC2CCN(c3nnc(NC(=O)Cc4ccccc4)s3)CC2)s1. The number of benzene rings is 1. The zero-order chi connectivity index (χ0) is 25.5. The lowest BCUT2D eigenvalue weighted by atomic mass is 9.97. The molecule has 0 saturated carbocycles. The van der Waals surface area contributed by atoms with Gasteiger partial charge in [0, 0.05) is 32.4 Å². The number of hydrogen-bond donors (Lipinski definition) is 2. The number of amides is 2. The van der Waals surface area contributed by atoms with Crippen molar-refractivity contribution in [2.45, 2.75) is 38.2 Å². The molecule has 192 valence electrons. The summed E-state index contributed by atoms with van der Waals surface area (Å²) in [7, 11) is 0. The topological polar surface area (TPSA) is 122 Å². The fourth-order valence-corrected chi connectivity index (χ4v) is 5.64. The maximum absolute atomic E-state index is 12.3. The van der Waals surface area contributed by atoms with Crippen LogP contribution < -0.4 is 20.3 Å². The van der Waals surface area contributed by atoms with E-state index in [0.717, 1.165) is 43.0 Å². The minimum atomic E-state index is -0.114. The molecule has 2 amide bonds. The van der Waals surface area contributed by atoms with E-state index in [4.69, 9.17) is 4.74 Å². The van der Waals surface area contributed by atoms with Crippen LogP contribution in [0.15, 0.2) is 54.6 Å². The van der Waals surface area contributed by atoms with Crippen LogP contribution in [0.1, 0.15) is 31.2 Å². The van der Waals surface area contributed by atoms with E-state index in [1.54, 1.807) is 0 Å². The van der Waals surface area contributed by atoms with Crippen molar-refractivity contribution in [3.05, 3.63) is 60.2 Å². The first-order valence-electron chi connectivity index (χ1n) is 12.2. The third-order valence-electron chi connectivity index (χ3n) is 6.02. The largest absolute Gasteiger partial charge is 0.465 e. The van der Waals surface area contributed by atoms with Gasteiger partial charge in [-0.1, -0.05) is 71.1 Å². The van der Waals surface area contributed by atoms with E-state index in [1.165, 1.54) is 22.7 Å². The second kappa shape index (κ2) is 12.1. The molecule has 3 heterocycles. The number of carbonyl (C=O) groups is 2. The summed E-state index contributed by atoms with van der Waals surface area (Å²) in [5.74, 6) is 0.0266. The summed E-state index contributed by atoms with van der Waals surface area (Å²) >= 11 is 2.61. The highest BCUT2D eigenvalue weighted by molar-refractivity contribution is 7.19. The van der Waals surface area contributed by atoms with Crippen molar-refractivity contribution in [2.24, 2.45) is 5.92 Å². The predicted molar refractivity (Wildman–Crippen MR) is 144 cm³/mol. The molecule has 2 aliphatic rings. The predicted octanol–water partition coefficient (Wildman–Crippen LogP) is 4.08. The average molecular weight is 538 g/mol. The molecule has 37 heavy (non-hydrogen) atoms. The van der Waals surface area contributed by atoms with Crippen molar-refractivity contribution in [1.82, 2.24) is 20.4 Å². The minimum Gasteiger partial charge on any atom is -0.465 e. The van der Waals surface area contributed by atoms with Gasteiger partial charge in [0.1, 0.15) is 6.10 Å². The summed E-state index contributed by atoms with van der Waals surface area (Å²) in [6, 6.07) is 9.59. The van der Waals surface area contributed by atoms with E-state index in [2.05, 4.69) is 42.0 Å². The molecule has 10 nitrogen and oxygen atoms in total. The van der Waals surface area contributed by atoms with Crippen LogP contribution in [0.3, 0.4) is 0 Å². The molecule has 0 radical (unpaired) electrons. The Morgan fingerprint density at radius 2 is 1.70 bits per heavy atom. The zero-order valence-corrected chi connectivity index (χ0v) is 21.7. The molecule has 1 aliphatic carbocycles. The number of anilines is 3. The number of rotatable bonds is 9. The molecular weight excluding hydrogens is 510 g/mol. The number of nitrogens with zero attached hydrogens (tertiary/aromatic N) is 5. The lowest BCUT2D eigenvalue weighted by Crippen LogP contribution is -2.38. The molecule has 1 fully saturated rings. The quantitative estimate of drug-likeness (QED) is 0.419. The Labute approximate surface area is 222 Å². The van der Waals surface area contributed by atoms with Crippen molar-refractivity contribution < 1.29 is 14.3 Å². The number of aromatic nitrogens is 4. The Morgan fingerprint density at radius 1 is 0.946 bits per heavy atom. The van der Waals surface area contributed by atoms with Crippen LogP contribution in [0.5, 0.6) is 5.19 Å². The van der Waals surface area contributed by atoms with Gasteiger partial charge in [0.25, 0.3) is 5.19 Å². The number of allylic oxidation sites excluding steroid dienone is 4. The van der Waals surface area contributed by atoms with Crippen LogP contribution in [0.4, 0.5) is 15.4 Å². The van der Waals surface area contributed by atoms with Gasteiger partial charge in [0.2, 0.25) is 27.2 Å². The molecule has 1 aromatic carbocycles. The molecule has 5 rings (SSSR count). The van der Waals surface area contributed by atoms with Crippen LogP contribution in [0.2, 0.25) is 0 Å². The average Bonchev–Trinajstić information content (AvgIpc) is 3.55. The molecule has 0 bridgehead atoms. The fourth-order valence-electron chi connectivity index (χ4n) is 4.15. The van der Waals surface area contributed by atoms with Crippen LogP contribution in [-0.4, -0.2) is 51.4 Å². The third kappa shape index (κ3) is 7.20. The summed E-state index contributed by atoms with van der Waals surface area (Å²) in [5.41, 5.74) is 0.950. The molecule has 0 spiro atoms. The van der Waals surface area contributed by atoms with Gasteiger partial charge in [-0.3, -0.25) is 9.59 Å². The van der Waals surface area contributed by atoms with Gasteiger partial charge in [0.15, 0.2) is 0 Å². The van der Waals surface area contributed by atoms with E-state index in [0.29, 0.717) is 28.3 Å². The Bertz CT molecular complexity index is 1270. The number of carbonyl (C=O) groups excluding carboxylic acids is 2. The van der Waals surface area contributed by atoms with Gasteiger partial charge in [-0.25, -0.2) is 0 Å². The highest BCUT2D eigenvalue weighted by atomic mass is 32.1. The first-order valence-corrected chi connectivity index (χ1v) is 13.8. The first kappa shape index (κ1) is 25.0. The summed E-state index contributed by atoms with van der Waals surface area (Å²) in [4.78, 5) is 26.7. The molecule has 1 aliphatic heterocycles. The molecule has 2 aromatic heterocycles. The lowest BCUT2D eigenvalue weighted by Gasteiger charge is -2.30. The second-order valence-corrected chi connectivity index (χ2v) is 10.7. The minimum absolute atomic E-state index is 0.00452. The highest BCUT2D eigenvalue weighted by Crippen LogP contribution is 2.30. The van der Waals surface area contributed by atoms with E-state index < -0.39 is 0 Å². The molecule has 12 heteroatoms. The van der Waals surface area contributed by atoms with Crippen molar-refractivity contribution in [1.29, 1.82) is 0 Å². The van der Waals surface area contributed by atoms with Crippen LogP contribution in [0.25, 0.3) is 0 Å². The van der Waals surface area contributed by atoms with E-state index in [1.807, 2.05) is 48.6 Å². The standard InChI is InChI=1S/C25H27N7O3S2/c33-20(15-17-7-3-1-4-8-17)26-22-28-30-24(36-22)32-13-11-19(12-14-32)35-25-31-29-23(37-25)27-21(34)16-18-9-5-2-6-10-18/h1-9,18-19H,10-16H2,(H,26,28,33)(H,27,29,34). The highest BCUT2D eigenvalue weighted by Gasteiger charge is 2.25. The van der Waals surface area contributed by atoms with E-state index in [9.17, 15) is 9.59 Å². The second-order valence-electron chi connectivity index (χ2n) is 8.84. The molecule has 1 unspecified atom stereocenters. The number of hydrogen-bond acceptors (Lipinski definition) is 10. The molecule has 3 aromatic rings. The summed E-state index contributed by atoms with van der Waals surface area (Å²) in [5, 5.41) is 24.3. The van der Waals surface area contributed by atoms with Crippen LogP contribution >= 0.6 is 22.7 Å². The number of nitrogens with one attached hydrogen (secondary N) is 2. The van der Waals surface area contributed by atoms with Crippen molar-refractivity contribution in [2.75, 3.05) is 28.6 Å². The van der Waals surface area contributed by atoms with Gasteiger partial charge in [-0.15, -0.1) is 15.3 Å². The maximum atomic E-state index is 12.3. The molecule has 1 atom stereocenters. The summed E-state index contributed by atoms with van der Waals surface area (Å²) in [6.45, 7) is 1.51. The van der Waals surface area contributed by atoms with Crippen LogP contribution in [0, 0.1) is 5.92 Å².